The van der Waals surface area contributed by atoms with Gasteiger partial charge in [-0.3, -0.25) is 9.59 Å². The highest BCUT2D eigenvalue weighted by molar-refractivity contribution is 7.14. The second-order valence-corrected chi connectivity index (χ2v) is 7.99. The fourth-order valence-electron chi connectivity index (χ4n) is 2.73. The van der Waals surface area contributed by atoms with Gasteiger partial charge >= 0.3 is 5.97 Å². The van der Waals surface area contributed by atoms with Crippen LogP contribution in [0.2, 0.25) is 0 Å². The van der Waals surface area contributed by atoms with Gasteiger partial charge in [-0.15, -0.1) is 11.3 Å². The van der Waals surface area contributed by atoms with E-state index in [0.717, 1.165) is 5.01 Å². The molecule has 2 unspecified atom stereocenters. The fourth-order valence-corrected chi connectivity index (χ4v) is 3.81. The van der Waals surface area contributed by atoms with Gasteiger partial charge in [0.1, 0.15) is 4.88 Å². The molecule has 0 saturated carbocycles. The topological polar surface area (TPSA) is 79.7 Å². The first-order valence-corrected chi connectivity index (χ1v) is 8.48. The van der Waals surface area contributed by atoms with E-state index in [1.807, 2.05) is 6.92 Å². The molecule has 128 valence electrons. The molecule has 1 fully saturated rings. The van der Waals surface area contributed by atoms with Crippen LogP contribution >= 0.6 is 11.3 Å². The summed E-state index contributed by atoms with van der Waals surface area (Å²) in [4.78, 5) is 30.7. The summed E-state index contributed by atoms with van der Waals surface area (Å²) in [5, 5.41) is 9.99. The summed E-state index contributed by atoms with van der Waals surface area (Å²) in [6, 6.07) is -0.329. The summed E-state index contributed by atoms with van der Waals surface area (Å²) in [6.45, 7) is 8.43. The van der Waals surface area contributed by atoms with Crippen LogP contribution in [0.5, 0.6) is 0 Å². The van der Waals surface area contributed by atoms with Crippen LogP contribution < -0.4 is 0 Å². The number of carbonyl (C=O) groups excluding carboxylic acids is 1. The molecule has 2 rings (SSSR count). The molecule has 23 heavy (non-hydrogen) atoms. The molecule has 1 N–H and O–H groups in total. The third kappa shape index (κ3) is 3.90. The van der Waals surface area contributed by atoms with E-state index in [4.69, 9.17) is 9.84 Å². The number of aromatic nitrogens is 1. The quantitative estimate of drug-likeness (QED) is 0.911. The number of thiazole rings is 1. The van der Waals surface area contributed by atoms with Crippen molar-refractivity contribution in [2.45, 2.75) is 58.1 Å². The van der Waals surface area contributed by atoms with E-state index in [0.29, 0.717) is 23.5 Å². The van der Waals surface area contributed by atoms with Crippen LogP contribution in [-0.4, -0.2) is 52.7 Å². The lowest BCUT2D eigenvalue weighted by molar-refractivity contribution is -0.137. The third-order valence-electron chi connectivity index (χ3n) is 4.01. The van der Waals surface area contributed by atoms with E-state index in [-0.39, 0.29) is 29.9 Å². The minimum Gasteiger partial charge on any atom is -0.481 e. The molecular weight excluding hydrogens is 316 g/mol. The van der Waals surface area contributed by atoms with E-state index in [1.54, 1.807) is 12.0 Å². The highest BCUT2D eigenvalue weighted by Crippen LogP contribution is 2.32. The summed E-state index contributed by atoms with van der Waals surface area (Å²) in [5.74, 6) is -1.04. The molecule has 0 bridgehead atoms. The Bertz CT molecular complexity index is 606. The predicted octanol–water partition coefficient (Wildman–Crippen LogP) is 2.45. The largest absolute Gasteiger partial charge is 0.481 e. The van der Waals surface area contributed by atoms with Crippen LogP contribution in [0.4, 0.5) is 0 Å². The molecule has 1 aromatic heterocycles. The van der Waals surface area contributed by atoms with Gasteiger partial charge in [0.15, 0.2) is 0 Å². The van der Waals surface area contributed by atoms with Gasteiger partial charge in [-0.25, -0.2) is 4.98 Å². The van der Waals surface area contributed by atoms with Crippen LogP contribution in [0.1, 0.15) is 54.0 Å². The summed E-state index contributed by atoms with van der Waals surface area (Å²) >= 11 is 1.40. The zero-order valence-electron chi connectivity index (χ0n) is 14.3. The molecule has 2 atom stereocenters. The Balaban J connectivity index is 2.27. The van der Waals surface area contributed by atoms with Crippen molar-refractivity contribution < 1.29 is 19.4 Å². The lowest BCUT2D eigenvalue weighted by Crippen LogP contribution is -2.37. The average Bonchev–Trinajstić information content (AvgIpc) is 3.00. The predicted molar refractivity (Wildman–Crippen MR) is 88.0 cm³/mol. The molecule has 1 amide bonds. The highest BCUT2D eigenvalue weighted by atomic mass is 32.1. The van der Waals surface area contributed by atoms with Crippen LogP contribution in [0, 0.1) is 6.92 Å². The normalized spacial score (nSPS) is 21.7. The second-order valence-electron chi connectivity index (χ2n) is 6.99. The van der Waals surface area contributed by atoms with Crippen molar-refractivity contribution in [3.05, 3.63) is 15.6 Å². The molecule has 2 heterocycles. The van der Waals surface area contributed by atoms with E-state index in [1.165, 1.54) is 11.3 Å². The average molecular weight is 340 g/mol. The Morgan fingerprint density at radius 1 is 1.43 bits per heavy atom. The molecule has 0 aliphatic carbocycles. The molecular formula is C16H24N2O4S. The van der Waals surface area contributed by atoms with Crippen molar-refractivity contribution in [1.82, 2.24) is 9.88 Å². The number of nitrogens with zero attached hydrogens (tertiary/aromatic N) is 2. The minimum atomic E-state index is -0.902. The molecule has 1 saturated heterocycles. The number of carboxylic acid groups (broad SMARTS) is 1. The summed E-state index contributed by atoms with van der Waals surface area (Å²) in [5.41, 5.74) is 0.592. The molecule has 0 aromatic carbocycles. The SMILES string of the molecule is COC1CC(CC(=O)O)N(C(=O)c2sc(C(C)(C)C)nc2C)C1. The van der Waals surface area contributed by atoms with Crippen molar-refractivity contribution in [1.29, 1.82) is 0 Å². The second kappa shape index (κ2) is 6.57. The van der Waals surface area contributed by atoms with Gasteiger partial charge in [-0.2, -0.15) is 0 Å². The van der Waals surface area contributed by atoms with Gasteiger partial charge in [0, 0.05) is 25.1 Å². The molecule has 1 aliphatic heterocycles. The summed E-state index contributed by atoms with van der Waals surface area (Å²) < 4.78 is 5.33. The molecule has 6 nitrogen and oxygen atoms in total. The highest BCUT2D eigenvalue weighted by Gasteiger charge is 2.38. The van der Waals surface area contributed by atoms with Crippen molar-refractivity contribution in [2.24, 2.45) is 0 Å². The number of aliphatic carboxylic acids is 1. The number of carboxylic acids is 1. The number of amides is 1. The van der Waals surface area contributed by atoms with Crippen LogP contribution in [0.25, 0.3) is 0 Å². The van der Waals surface area contributed by atoms with E-state index in [9.17, 15) is 9.59 Å². The maximum absolute atomic E-state index is 12.9. The van der Waals surface area contributed by atoms with Crippen LogP contribution in [0.3, 0.4) is 0 Å². The molecule has 7 heteroatoms. The van der Waals surface area contributed by atoms with Crippen molar-refractivity contribution in [3.63, 3.8) is 0 Å². The van der Waals surface area contributed by atoms with Gasteiger partial charge in [-0.1, -0.05) is 20.8 Å². The van der Waals surface area contributed by atoms with E-state index >= 15 is 0 Å². The lowest BCUT2D eigenvalue weighted by atomic mass is 9.98. The van der Waals surface area contributed by atoms with E-state index in [2.05, 4.69) is 25.8 Å². The zero-order valence-corrected chi connectivity index (χ0v) is 15.1. The molecule has 0 radical (unpaired) electrons. The fraction of sp³-hybridized carbons (Fsp3) is 0.688. The number of hydrogen-bond acceptors (Lipinski definition) is 5. The molecule has 1 aliphatic rings. The van der Waals surface area contributed by atoms with Gasteiger partial charge in [-0.05, 0) is 13.3 Å². The smallest absolute Gasteiger partial charge is 0.305 e. The molecule has 1 aromatic rings. The Morgan fingerprint density at radius 3 is 2.57 bits per heavy atom. The van der Waals surface area contributed by atoms with Crippen molar-refractivity contribution in [3.8, 4) is 0 Å². The van der Waals surface area contributed by atoms with Gasteiger partial charge in [0.05, 0.1) is 23.2 Å². The number of methoxy groups -OCH3 is 1. The van der Waals surface area contributed by atoms with Crippen molar-refractivity contribution >= 4 is 23.2 Å². The van der Waals surface area contributed by atoms with Crippen LogP contribution in [-0.2, 0) is 14.9 Å². The first-order valence-electron chi connectivity index (χ1n) is 7.67. The van der Waals surface area contributed by atoms with Crippen molar-refractivity contribution in [2.75, 3.05) is 13.7 Å². The monoisotopic (exact) mass is 340 g/mol. The maximum atomic E-state index is 12.9. The molecule has 0 spiro atoms. The first-order chi connectivity index (χ1) is 10.6. The van der Waals surface area contributed by atoms with Crippen LogP contribution in [0.15, 0.2) is 0 Å². The maximum Gasteiger partial charge on any atom is 0.305 e. The number of rotatable bonds is 4. The van der Waals surface area contributed by atoms with E-state index < -0.39 is 5.97 Å². The van der Waals surface area contributed by atoms with Gasteiger partial charge in [0.2, 0.25) is 0 Å². The third-order valence-corrected chi connectivity index (χ3v) is 5.58. The number of ether oxygens (including phenoxy) is 1. The van der Waals surface area contributed by atoms with Gasteiger partial charge in [0.25, 0.3) is 5.91 Å². The first kappa shape index (κ1) is 17.9. The van der Waals surface area contributed by atoms with Gasteiger partial charge < -0.3 is 14.7 Å². The Labute approximate surface area is 140 Å². The zero-order chi connectivity index (χ0) is 17.4. The Hall–Kier alpha value is -1.47. The number of hydrogen-bond donors (Lipinski definition) is 1. The summed E-state index contributed by atoms with van der Waals surface area (Å²) in [6.07, 6.45) is 0.382. The summed E-state index contributed by atoms with van der Waals surface area (Å²) in [7, 11) is 1.59. The number of aryl methyl sites for hydroxylation is 1. The Morgan fingerprint density at radius 2 is 2.09 bits per heavy atom. The minimum absolute atomic E-state index is 0.0599. The standard InChI is InChI=1S/C16H24N2O4S/c1-9-13(23-15(17-9)16(2,3)4)14(21)18-8-11(22-5)6-10(18)7-12(19)20/h10-11H,6-8H2,1-5H3,(H,19,20). The number of likely N-dealkylation sites (tertiary alicyclic amines) is 1. The lowest BCUT2D eigenvalue weighted by Gasteiger charge is -2.22. The number of carbonyl (C=O) groups is 2. The Kier molecular flexibility index (Phi) is 5.10.